The molecular formula is C23H20ClN3O2. The van der Waals surface area contributed by atoms with Crippen LogP contribution in [0.3, 0.4) is 0 Å². The van der Waals surface area contributed by atoms with Crippen LogP contribution in [-0.4, -0.2) is 23.3 Å². The van der Waals surface area contributed by atoms with Crippen molar-refractivity contribution in [3.63, 3.8) is 0 Å². The molecule has 0 radical (unpaired) electrons. The lowest BCUT2D eigenvalue weighted by Crippen LogP contribution is -2.37. The second-order valence-electron chi connectivity index (χ2n) is 6.98. The zero-order valence-corrected chi connectivity index (χ0v) is 16.5. The summed E-state index contributed by atoms with van der Waals surface area (Å²) < 4.78 is 0. The topological polar surface area (TPSA) is 53.5 Å². The van der Waals surface area contributed by atoms with Crippen molar-refractivity contribution in [3.8, 4) is 0 Å². The lowest BCUT2D eigenvalue weighted by molar-refractivity contribution is -0.124. The Morgan fingerprint density at radius 1 is 1.03 bits per heavy atom. The van der Waals surface area contributed by atoms with E-state index >= 15 is 0 Å². The maximum Gasteiger partial charge on any atom is 0.233 e. The van der Waals surface area contributed by atoms with Crippen LogP contribution in [0.5, 0.6) is 0 Å². The quantitative estimate of drug-likeness (QED) is 0.635. The molecule has 0 N–H and O–H groups in total. The molecule has 29 heavy (non-hydrogen) atoms. The monoisotopic (exact) mass is 405 g/mol. The van der Waals surface area contributed by atoms with Gasteiger partial charge >= 0.3 is 0 Å². The summed E-state index contributed by atoms with van der Waals surface area (Å²) in [4.78, 5) is 33.7. The molecule has 146 valence electrons. The van der Waals surface area contributed by atoms with Gasteiger partial charge in [-0.2, -0.15) is 0 Å². The molecule has 0 aliphatic carbocycles. The number of hydrogen-bond donors (Lipinski definition) is 0. The number of benzene rings is 2. The Kier molecular flexibility index (Phi) is 5.58. The molecule has 0 bridgehead atoms. The summed E-state index contributed by atoms with van der Waals surface area (Å²) in [6, 6.07) is 22.3. The number of halogens is 1. The Morgan fingerprint density at radius 2 is 1.76 bits per heavy atom. The summed E-state index contributed by atoms with van der Waals surface area (Å²) in [5.74, 6) is -0.00800. The number of aromatic nitrogens is 1. The van der Waals surface area contributed by atoms with E-state index in [2.05, 4.69) is 4.98 Å². The molecule has 1 fully saturated rings. The highest BCUT2D eigenvalue weighted by atomic mass is 35.5. The van der Waals surface area contributed by atoms with Gasteiger partial charge in [-0.05, 0) is 42.0 Å². The van der Waals surface area contributed by atoms with Gasteiger partial charge in [0.05, 0.1) is 12.5 Å². The standard InChI is InChI=1S/C23H20ClN3O2/c24-19-9-11-20(12-10-19)26-16-18(14-22(26)28)23(29)27(21-8-4-5-13-25-21)15-17-6-2-1-3-7-17/h1-13,18H,14-16H2. The minimum Gasteiger partial charge on any atom is -0.312 e. The molecule has 3 aromatic rings. The average Bonchev–Trinajstić information content (AvgIpc) is 3.15. The first-order chi connectivity index (χ1) is 14.1. The highest BCUT2D eigenvalue weighted by molar-refractivity contribution is 6.30. The maximum absolute atomic E-state index is 13.4. The average molecular weight is 406 g/mol. The van der Waals surface area contributed by atoms with Crippen LogP contribution in [-0.2, 0) is 16.1 Å². The van der Waals surface area contributed by atoms with Crippen LogP contribution in [0.1, 0.15) is 12.0 Å². The number of carbonyl (C=O) groups excluding carboxylic acids is 2. The summed E-state index contributed by atoms with van der Waals surface area (Å²) >= 11 is 5.95. The highest BCUT2D eigenvalue weighted by Crippen LogP contribution is 2.29. The second-order valence-corrected chi connectivity index (χ2v) is 7.42. The van der Waals surface area contributed by atoms with Gasteiger partial charge in [0.2, 0.25) is 11.8 Å². The zero-order valence-electron chi connectivity index (χ0n) is 15.7. The predicted molar refractivity (Wildman–Crippen MR) is 114 cm³/mol. The summed E-state index contributed by atoms with van der Waals surface area (Å²) in [5.41, 5.74) is 1.76. The largest absolute Gasteiger partial charge is 0.312 e. The molecule has 5 nitrogen and oxygen atoms in total. The number of nitrogens with zero attached hydrogens (tertiary/aromatic N) is 3. The Hall–Kier alpha value is -3.18. The van der Waals surface area contributed by atoms with Gasteiger partial charge < -0.3 is 4.90 Å². The van der Waals surface area contributed by atoms with E-state index in [4.69, 9.17) is 11.6 Å². The van der Waals surface area contributed by atoms with Gasteiger partial charge in [0.25, 0.3) is 0 Å². The van der Waals surface area contributed by atoms with Crippen LogP contribution in [0.2, 0.25) is 5.02 Å². The van der Waals surface area contributed by atoms with E-state index in [1.54, 1.807) is 40.3 Å². The molecule has 2 amide bonds. The maximum atomic E-state index is 13.4. The molecule has 1 saturated heterocycles. The molecule has 1 aromatic heterocycles. The first kappa shape index (κ1) is 19.2. The molecule has 2 heterocycles. The van der Waals surface area contributed by atoms with Crippen LogP contribution in [0.15, 0.2) is 79.0 Å². The number of anilines is 2. The van der Waals surface area contributed by atoms with Crippen molar-refractivity contribution in [2.75, 3.05) is 16.3 Å². The summed E-state index contributed by atoms with van der Waals surface area (Å²) in [5, 5.41) is 0.609. The molecule has 4 rings (SSSR count). The van der Waals surface area contributed by atoms with E-state index in [-0.39, 0.29) is 18.2 Å². The lowest BCUT2D eigenvalue weighted by atomic mass is 10.1. The molecule has 0 spiro atoms. The molecule has 0 saturated carbocycles. The van der Waals surface area contributed by atoms with Gasteiger partial charge in [0, 0.05) is 29.9 Å². The van der Waals surface area contributed by atoms with Gasteiger partial charge in [0.1, 0.15) is 5.82 Å². The van der Waals surface area contributed by atoms with E-state index in [9.17, 15) is 9.59 Å². The second kappa shape index (κ2) is 8.45. The Morgan fingerprint density at radius 3 is 2.45 bits per heavy atom. The predicted octanol–water partition coefficient (Wildman–Crippen LogP) is 4.32. The molecule has 1 aliphatic rings. The minimum absolute atomic E-state index is 0.0636. The van der Waals surface area contributed by atoms with E-state index in [1.165, 1.54) is 0 Å². The third-order valence-corrected chi connectivity index (χ3v) is 5.24. The van der Waals surface area contributed by atoms with Crippen LogP contribution < -0.4 is 9.80 Å². The van der Waals surface area contributed by atoms with E-state index in [0.717, 1.165) is 11.3 Å². The fourth-order valence-electron chi connectivity index (χ4n) is 3.52. The van der Waals surface area contributed by atoms with Crippen molar-refractivity contribution in [3.05, 3.63) is 89.6 Å². The van der Waals surface area contributed by atoms with Crippen LogP contribution in [0, 0.1) is 5.92 Å². The molecule has 6 heteroatoms. The zero-order chi connectivity index (χ0) is 20.2. The lowest BCUT2D eigenvalue weighted by Gasteiger charge is -2.25. The van der Waals surface area contributed by atoms with E-state index < -0.39 is 5.92 Å². The van der Waals surface area contributed by atoms with Crippen LogP contribution >= 0.6 is 11.6 Å². The van der Waals surface area contributed by atoms with Crippen molar-refractivity contribution >= 4 is 34.9 Å². The summed E-state index contributed by atoms with van der Waals surface area (Å²) in [6.45, 7) is 0.750. The van der Waals surface area contributed by atoms with Gasteiger partial charge in [0.15, 0.2) is 0 Å². The third kappa shape index (κ3) is 4.30. The van der Waals surface area contributed by atoms with Crippen molar-refractivity contribution in [2.45, 2.75) is 13.0 Å². The van der Waals surface area contributed by atoms with Gasteiger partial charge in [-0.25, -0.2) is 4.98 Å². The SMILES string of the molecule is O=C1CC(C(=O)N(Cc2ccccc2)c2ccccn2)CN1c1ccc(Cl)cc1. The number of pyridine rings is 1. The fraction of sp³-hybridized carbons (Fsp3) is 0.174. The first-order valence-corrected chi connectivity index (χ1v) is 9.82. The Labute approximate surface area is 174 Å². The fourth-order valence-corrected chi connectivity index (χ4v) is 3.64. The normalized spacial score (nSPS) is 16.1. The third-order valence-electron chi connectivity index (χ3n) is 4.99. The number of amides is 2. The van der Waals surface area contributed by atoms with E-state index in [1.807, 2.05) is 48.5 Å². The molecular weight excluding hydrogens is 386 g/mol. The smallest absolute Gasteiger partial charge is 0.233 e. The highest BCUT2D eigenvalue weighted by Gasteiger charge is 2.37. The first-order valence-electron chi connectivity index (χ1n) is 9.44. The molecule has 1 aliphatic heterocycles. The van der Waals surface area contributed by atoms with Crippen molar-refractivity contribution in [1.29, 1.82) is 0 Å². The van der Waals surface area contributed by atoms with Crippen molar-refractivity contribution in [1.82, 2.24) is 4.98 Å². The minimum atomic E-state index is -0.427. The molecule has 1 unspecified atom stereocenters. The van der Waals surface area contributed by atoms with Gasteiger partial charge in [-0.3, -0.25) is 14.5 Å². The van der Waals surface area contributed by atoms with Gasteiger partial charge in [-0.1, -0.05) is 48.0 Å². The van der Waals surface area contributed by atoms with Crippen LogP contribution in [0.4, 0.5) is 11.5 Å². The number of rotatable bonds is 5. The van der Waals surface area contributed by atoms with Crippen molar-refractivity contribution < 1.29 is 9.59 Å². The Balaban J connectivity index is 1.57. The summed E-state index contributed by atoms with van der Waals surface area (Å²) in [7, 11) is 0. The number of hydrogen-bond acceptors (Lipinski definition) is 3. The molecule has 2 aromatic carbocycles. The summed E-state index contributed by atoms with van der Waals surface area (Å²) in [6.07, 6.45) is 1.85. The molecule has 1 atom stereocenters. The van der Waals surface area contributed by atoms with Gasteiger partial charge in [-0.15, -0.1) is 0 Å². The number of carbonyl (C=O) groups is 2. The van der Waals surface area contributed by atoms with Crippen LogP contribution in [0.25, 0.3) is 0 Å². The van der Waals surface area contributed by atoms with Crippen molar-refractivity contribution in [2.24, 2.45) is 5.92 Å². The Bertz CT molecular complexity index is 994. The van der Waals surface area contributed by atoms with E-state index in [0.29, 0.717) is 23.9 Å².